The lowest BCUT2D eigenvalue weighted by Crippen LogP contribution is -1.92. The summed E-state index contributed by atoms with van der Waals surface area (Å²) in [5.41, 5.74) is 0. The van der Waals surface area contributed by atoms with Gasteiger partial charge in [-0.2, -0.15) is 11.8 Å². The third-order valence-corrected chi connectivity index (χ3v) is 2.34. The van der Waals surface area contributed by atoms with Gasteiger partial charge >= 0.3 is 0 Å². The van der Waals surface area contributed by atoms with Crippen LogP contribution in [-0.2, 0) is 5.75 Å². The van der Waals surface area contributed by atoms with Gasteiger partial charge in [-0.15, -0.1) is 0 Å². The van der Waals surface area contributed by atoms with E-state index < -0.39 is 0 Å². The first-order valence-corrected chi connectivity index (χ1v) is 5.88. The van der Waals surface area contributed by atoms with Crippen molar-refractivity contribution in [1.82, 2.24) is 9.97 Å². The number of thioether (sulfide) groups is 1. The molecule has 0 aliphatic carbocycles. The van der Waals surface area contributed by atoms with Crippen molar-refractivity contribution in [1.29, 1.82) is 0 Å². The van der Waals surface area contributed by atoms with Crippen molar-refractivity contribution in [3.63, 3.8) is 0 Å². The van der Waals surface area contributed by atoms with E-state index in [-0.39, 0.29) is 0 Å². The molecule has 11 heavy (non-hydrogen) atoms. The molecular formula is C6H6Br2N2S. The quantitative estimate of drug-likeness (QED) is 0.785. The van der Waals surface area contributed by atoms with Crippen LogP contribution in [0.15, 0.2) is 15.3 Å². The molecule has 5 heteroatoms. The van der Waals surface area contributed by atoms with Crippen molar-refractivity contribution >= 4 is 43.6 Å². The van der Waals surface area contributed by atoms with Crippen LogP contribution in [0.1, 0.15) is 5.82 Å². The highest BCUT2D eigenvalue weighted by Gasteiger charge is 1.98. The summed E-state index contributed by atoms with van der Waals surface area (Å²) < 4.78 is 1.65. The molecule has 0 unspecified atom stereocenters. The molecule has 60 valence electrons. The standard InChI is InChI=1S/C6H6Br2N2S/c1-11-3-6-9-4(7)2-5(8)10-6/h2H,3H2,1H3. The Kier molecular flexibility index (Phi) is 3.81. The minimum Gasteiger partial charge on any atom is -0.225 e. The molecule has 2 nitrogen and oxygen atoms in total. The van der Waals surface area contributed by atoms with Crippen molar-refractivity contribution < 1.29 is 0 Å². The average molecular weight is 298 g/mol. The SMILES string of the molecule is CSCc1nc(Br)cc(Br)n1. The van der Waals surface area contributed by atoms with Crippen LogP contribution in [0.2, 0.25) is 0 Å². The van der Waals surface area contributed by atoms with Crippen LogP contribution in [0.25, 0.3) is 0 Å². The van der Waals surface area contributed by atoms with Gasteiger partial charge in [-0.25, -0.2) is 9.97 Å². The lowest BCUT2D eigenvalue weighted by molar-refractivity contribution is 0.998. The number of nitrogens with zero attached hydrogens (tertiary/aromatic N) is 2. The first-order chi connectivity index (χ1) is 5.22. The highest BCUT2D eigenvalue weighted by Crippen LogP contribution is 2.15. The van der Waals surface area contributed by atoms with Gasteiger partial charge in [0, 0.05) is 6.07 Å². The van der Waals surface area contributed by atoms with Gasteiger partial charge < -0.3 is 0 Å². The van der Waals surface area contributed by atoms with Gasteiger partial charge in [-0.3, -0.25) is 0 Å². The van der Waals surface area contributed by atoms with Gasteiger partial charge in [0.2, 0.25) is 0 Å². The maximum Gasteiger partial charge on any atom is 0.140 e. The summed E-state index contributed by atoms with van der Waals surface area (Å²) in [5, 5.41) is 0. The maximum absolute atomic E-state index is 4.18. The van der Waals surface area contributed by atoms with Crippen molar-refractivity contribution in [2.45, 2.75) is 5.75 Å². The zero-order valence-corrected chi connectivity index (χ0v) is 9.83. The Balaban J connectivity index is 2.89. The molecule has 0 atom stereocenters. The maximum atomic E-state index is 4.18. The largest absolute Gasteiger partial charge is 0.225 e. The van der Waals surface area contributed by atoms with E-state index in [1.54, 1.807) is 11.8 Å². The van der Waals surface area contributed by atoms with Crippen molar-refractivity contribution in [2.75, 3.05) is 6.26 Å². The third-order valence-electron chi connectivity index (χ3n) is 0.983. The van der Waals surface area contributed by atoms with Crippen molar-refractivity contribution in [3.05, 3.63) is 21.1 Å². The molecule has 0 aliphatic heterocycles. The molecule has 0 aromatic carbocycles. The summed E-state index contributed by atoms with van der Waals surface area (Å²) in [6.45, 7) is 0. The molecule has 0 saturated carbocycles. The highest BCUT2D eigenvalue weighted by atomic mass is 79.9. The second kappa shape index (κ2) is 4.42. The monoisotopic (exact) mass is 296 g/mol. The molecule has 1 aromatic rings. The Hall–Kier alpha value is 0.390. The van der Waals surface area contributed by atoms with Crippen LogP contribution in [0.4, 0.5) is 0 Å². The molecule has 0 aliphatic rings. The van der Waals surface area contributed by atoms with Crippen molar-refractivity contribution in [3.8, 4) is 0 Å². The van der Waals surface area contributed by atoms with Crippen LogP contribution >= 0.6 is 43.6 Å². The summed E-state index contributed by atoms with van der Waals surface area (Å²) in [6, 6.07) is 1.82. The van der Waals surface area contributed by atoms with Crippen molar-refractivity contribution in [2.24, 2.45) is 0 Å². The number of halogens is 2. The fraction of sp³-hybridized carbons (Fsp3) is 0.333. The van der Waals surface area contributed by atoms with Gasteiger partial charge in [0.15, 0.2) is 0 Å². The van der Waals surface area contributed by atoms with Gasteiger partial charge in [0.25, 0.3) is 0 Å². The number of hydrogen-bond donors (Lipinski definition) is 0. The van der Waals surface area contributed by atoms with Crippen LogP contribution < -0.4 is 0 Å². The second-order valence-corrected chi connectivity index (χ2v) is 4.35. The smallest absolute Gasteiger partial charge is 0.140 e. The van der Waals surface area contributed by atoms with E-state index in [0.29, 0.717) is 0 Å². The van der Waals surface area contributed by atoms with Gasteiger partial charge in [-0.1, -0.05) is 0 Å². The summed E-state index contributed by atoms with van der Waals surface area (Å²) in [7, 11) is 0. The highest BCUT2D eigenvalue weighted by molar-refractivity contribution is 9.11. The lowest BCUT2D eigenvalue weighted by Gasteiger charge is -1.97. The second-order valence-electron chi connectivity index (χ2n) is 1.86. The minimum atomic E-state index is 0.823. The molecular weight excluding hydrogens is 292 g/mol. The molecule has 0 fully saturated rings. The number of hydrogen-bond acceptors (Lipinski definition) is 3. The Bertz CT molecular complexity index is 234. The average Bonchev–Trinajstić information content (AvgIpc) is 1.85. The van der Waals surface area contributed by atoms with Crippen LogP contribution in [0.3, 0.4) is 0 Å². The summed E-state index contributed by atoms with van der Waals surface area (Å²) in [6.07, 6.45) is 2.03. The van der Waals surface area contributed by atoms with E-state index in [0.717, 1.165) is 20.8 Å². The third kappa shape index (κ3) is 3.09. The normalized spacial score (nSPS) is 10.1. The zero-order chi connectivity index (χ0) is 8.27. The van der Waals surface area contributed by atoms with E-state index in [9.17, 15) is 0 Å². The predicted molar refractivity (Wildman–Crippen MR) is 54.7 cm³/mol. The van der Waals surface area contributed by atoms with E-state index in [1.165, 1.54) is 0 Å². The Labute approximate surface area is 86.5 Å². The fourth-order valence-electron chi connectivity index (χ4n) is 0.628. The minimum absolute atomic E-state index is 0.823. The molecule has 1 aromatic heterocycles. The first kappa shape index (κ1) is 9.48. The molecule has 0 N–H and O–H groups in total. The molecule has 0 bridgehead atoms. The molecule has 1 heterocycles. The Morgan fingerprint density at radius 1 is 1.36 bits per heavy atom. The topological polar surface area (TPSA) is 25.8 Å². The molecule has 0 spiro atoms. The van der Waals surface area contributed by atoms with E-state index in [2.05, 4.69) is 41.8 Å². The number of aromatic nitrogens is 2. The lowest BCUT2D eigenvalue weighted by atomic mass is 10.6. The molecule has 0 amide bonds. The summed E-state index contributed by atoms with van der Waals surface area (Å²) >= 11 is 8.29. The Morgan fingerprint density at radius 3 is 2.36 bits per heavy atom. The van der Waals surface area contributed by atoms with E-state index >= 15 is 0 Å². The van der Waals surface area contributed by atoms with Crippen LogP contribution in [0.5, 0.6) is 0 Å². The molecule has 0 radical (unpaired) electrons. The van der Waals surface area contributed by atoms with Gasteiger partial charge in [0.05, 0.1) is 5.75 Å². The Morgan fingerprint density at radius 2 is 1.91 bits per heavy atom. The molecule has 1 rings (SSSR count). The van der Waals surface area contributed by atoms with E-state index in [4.69, 9.17) is 0 Å². The molecule has 0 saturated heterocycles. The van der Waals surface area contributed by atoms with E-state index in [1.807, 2.05) is 12.3 Å². The fourth-order valence-corrected chi connectivity index (χ4v) is 2.17. The summed E-state index contributed by atoms with van der Waals surface area (Å²) in [4.78, 5) is 8.36. The first-order valence-electron chi connectivity index (χ1n) is 2.90. The summed E-state index contributed by atoms with van der Waals surface area (Å²) in [5.74, 6) is 1.69. The van der Waals surface area contributed by atoms with Crippen LogP contribution in [0, 0.1) is 0 Å². The zero-order valence-electron chi connectivity index (χ0n) is 5.84. The predicted octanol–water partition coefficient (Wildman–Crippen LogP) is 2.86. The van der Waals surface area contributed by atoms with Crippen LogP contribution in [-0.4, -0.2) is 16.2 Å². The van der Waals surface area contributed by atoms with Gasteiger partial charge in [0.1, 0.15) is 15.0 Å². The number of rotatable bonds is 2. The van der Waals surface area contributed by atoms with Gasteiger partial charge in [-0.05, 0) is 38.1 Å².